The van der Waals surface area contributed by atoms with Gasteiger partial charge in [0, 0.05) is 19.1 Å². The zero-order chi connectivity index (χ0) is 14.6. The van der Waals surface area contributed by atoms with Crippen LogP contribution in [0.1, 0.15) is 45.4 Å². The SMILES string of the molecule is CC(NC1CCS(=O)(=O)CC1)C(=O)N1CCCCCC1. The molecule has 0 aromatic heterocycles. The van der Waals surface area contributed by atoms with Crippen LogP contribution < -0.4 is 5.32 Å². The second-order valence-corrected chi connectivity index (χ2v) is 8.36. The van der Waals surface area contributed by atoms with E-state index in [9.17, 15) is 13.2 Å². The number of amides is 1. The first-order chi connectivity index (χ1) is 9.48. The van der Waals surface area contributed by atoms with Gasteiger partial charge in [-0.15, -0.1) is 0 Å². The molecule has 0 aliphatic carbocycles. The fourth-order valence-electron chi connectivity index (χ4n) is 3.05. The molecule has 2 heterocycles. The summed E-state index contributed by atoms with van der Waals surface area (Å²) in [5, 5.41) is 3.32. The van der Waals surface area contributed by atoms with Gasteiger partial charge < -0.3 is 10.2 Å². The van der Waals surface area contributed by atoms with Crippen molar-refractivity contribution in [2.24, 2.45) is 0 Å². The van der Waals surface area contributed by atoms with Gasteiger partial charge in [-0.05, 0) is 32.6 Å². The van der Waals surface area contributed by atoms with Crippen LogP contribution in [-0.4, -0.2) is 55.9 Å². The molecule has 2 aliphatic heterocycles. The van der Waals surface area contributed by atoms with Crippen molar-refractivity contribution in [1.82, 2.24) is 10.2 Å². The first-order valence-corrected chi connectivity index (χ1v) is 9.55. The van der Waals surface area contributed by atoms with Gasteiger partial charge in [0.25, 0.3) is 0 Å². The van der Waals surface area contributed by atoms with E-state index in [-0.39, 0.29) is 29.5 Å². The topological polar surface area (TPSA) is 66.5 Å². The van der Waals surface area contributed by atoms with Crippen molar-refractivity contribution in [3.8, 4) is 0 Å². The summed E-state index contributed by atoms with van der Waals surface area (Å²) in [5.74, 6) is 0.658. The highest BCUT2D eigenvalue weighted by atomic mass is 32.2. The van der Waals surface area contributed by atoms with Crippen molar-refractivity contribution in [2.75, 3.05) is 24.6 Å². The first kappa shape index (κ1) is 15.8. The van der Waals surface area contributed by atoms with Crippen molar-refractivity contribution in [3.63, 3.8) is 0 Å². The number of nitrogens with zero attached hydrogens (tertiary/aromatic N) is 1. The number of hydrogen-bond acceptors (Lipinski definition) is 4. The molecule has 1 N–H and O–H groups in total. The van der Waals surface area contributed by atoms with Gasteiger partial charge in [0.05, 0.1) is 17.5 Å². The third kappa shape index (κ3) is 4.45. The monoisotopic (exact) mass is 302 g/mol. The molecular weight excluding hydrogens is 276 g/mol. The zero-order valence-electron chi connectivity index (χ0n) is 12.3. The van der Waals surface area contributed by atoms with E-state index < -0.39 is 9.84 Å². The van der Waals surface area contributed by atoms with Gasteiger partial charge in [-0.2, -0.15) is 0 Å². The van der Waals surface area contributed by atoms with Gasteiger partial charge in [0.15, 0.2) is 0 Å². The Balaban J connectivity index is 1.81. The minimum absolute atomic E-state index is 0.157. The Labute approximate surface area is 122 Å². The molecule has 1 amide bonds. The number of carbonyl (C=O) groups excluding carboxylic acids is 1. The highest BCUT2D eigenvalue weighted by molar-refractivity contribution is 7.91. The van der Waals surface area contributed by atoms with Crippen LogP contribution in [0.4, 0.5) is 0 Å². The maximum Gasteiger partial charge on any atom is 0.239 e. The fourth-order valence-corrected chi connectivity index (χ4v) is 4.54. The van der Waals surface area contributed by atoms with Gasteiger partial charge in [0.2, 0.25) is 5.91 Å². The molecule has 0 aromatic rings. The number of nitrogens with one attached hydrogen (secondary N) is 1. The van der Waals surface area contributed by atoms with E-state index in [1.54, 1.807) is 0 Å². The van der Waals surface area contributed by atoms with Crippen molar-refractivity contribution in [3.05, 3.63) is 0 Å². The van der Waals surface area contributed by atoms with Crippen LogP contribution in [-0.2, 0) is 14.6 Å². The predicted octanol–water partition coefficient (Wildman–Crippen LogP) is 0.944. The van der Waals surface area contributed by atoms with Gasteiger partial charge in [-0.1, -0.05) is 12.8 Å². The molecule has 0 aromatic carbocycles. The average Bonchev–Trinajstić information content (AvgIpc) is 2.69. The Morgan fingerprint density at radius 3 is 2.20 bits per heavy atom. The van der Waals surface area contributed by atoms with E-state index >= 15 is 0 Å². The molecule has 2 rings (SSSR count). The summed E-state index contributed by atoms with van der Waals surface area (Å²) >= 11 is 0. The molecule has 0 spiro atoms. The van der Waals surface area contributed by atoms with Crippen molar-refractivity contribution < 1.29 is 13.2 Å². The Bertz CT molecular complexity index is 414. The van der Waals surface area contributed by atoms with Crippen LogP contribution in [0, 0.1) is 0 Å². The molecule has 0 bridgehead atoms. The minimum Gasteiger partial charge on any atom is -0.341 e. The number of likely N-dealkylation sites (tertiary alicyclic amines) is 1. The Kier molecular flexibility index (Phi) is 5.43. The lowest BCUT2D eigenvalue weighted by molar-refractivity contribution is -0.133. The summed E-state index contributed by atoms with van der Waals surface area (Å²) in [4.78, 5) is 14.4. The van der Waals surface area contributed by atoms with Crippen molar-refractivity contribution >= 4 is 15.7 Å². The average molecular weight is 302 g/mol. The molecule has 20 heavy (non-hydrogen) atoms. The summed E-state index contributed by atoms with van der Waals surface area (Å²) in [6.45, 7) is 3.63. The van der Waals surface area contributed by atoms with E-state index in [4.69, 9.17) is 0 Å². The number of rotatable bonds is 3. The Morgan fingerprint density at radius 1 is 1.10 bits per heavy atom. The Morgan fingerprint density at radius 2 is 1.65 bits per heavy atom. The van der Waals surface area contributed by atoms with E-state index in [1.165, 1.54) is 12.8 Å². The highest BCUT2D eigenvalue weighted by Gasteiger charge is 2.27. The van der Waals surface area contributed by atoms with Crippen LogP contribution in [0.25, 0.3) is 0 Å². The molecule has 1 atom stereocenters. The summed E-state index contributed by atoms with van der Waals surface area (Å²) < 4.78 is 22.8. The lowest BCUT2D eigenvalue weighted by atomic mass is 10.1. The molecule has 5 nitrogen and oxygen atoms in total. The molecule has 116 valence electrons. The maximum atomic E-state index is 12.4. The highest BCUT2D eigenvalue weighted by Crippen LogP contribution is 2.14. The van der Waals surface area contributed by atoms with Crippen LogP contribution in [0.2, 0.25) is 0 Å². The Hall–Kier alpha value is -0.620. The third-order valence-electron chi connectivity index (χ3n) is 4.33. The fraction of sp³-hybridized carbons (Fsp3) is 0.929. The maximum absolute atomic E-state index is 12.4. The largest absolute Gasteiger partial charge is 0.341 e. The standard InChI is InChI=1S/C14H26N2O3S/c1-12(14(17)16-8-4-2-3-5-9-16)15-13-6-10-20(18,19)11-7-13/h12-13,15H,2-11H2,1H3. The van der Waals surface area contributed by atoms with Gasteiger partial charge in [-0.25, -0.2) is 8.42 Å². The summed E-state index contributed by atoms with van der Waals surface area (Å²) in [5.41, 5.74) is 0. The molecule has 2 fully saturated rings. The van der Waals surface area contributed by atoms with Gasteiger partial charge in [-0.3, -0.25) is 4.79 Å². The second-order valence-electron chi connectivity index (χ2n) is 6.05. The lowest BCUT2D eigenvalue weighted by Crippen LogP contribution is -2.50. The van der Waals surface area contributed by atoms with Crippen LogP contribution in [0.5, 0.6) is 0 Å². The van der Waals surface area contributed by atoms with Crippen LogP contribution in [0.3, 0.4) is 0 Å². The van der Waals surface area contributed by atoms with Crippen molar-refractivity contribution in [2.45, 2.75) is 57.5 Å². The first-order valence-electron chi connectivity index (χ1n) is 7.73. The molecule has 2 saturated heterocycles. The molecular formula is C14H26N2O3S. The normalized spacial score (nSPS) is 25.9. The van der Waals surface area contributed by atoms with Crippen LogP contribution in [0.15, 0.2) is 0 Å². The molecule has 0 radical (unpaired) electrons. The van der Waals surface area contributed by atoms with E-state index in [0.717, 1.165) is 25.9 Å². The summed E-state index contributed by atoms with van der Waals surface area (Å²) in [6, 6.07) is -0.0524. The molecule has 2 aliphatic rings. The van der Waals surface area contributed by atoms with Crippen molar-refractivity contribution in [1.29, 1.82) is 0 Å². The number of hydrogen-bond donors (Lipinski definition) is 1. The number of carbonyl (C=O) groups is 1. The summed E-state index contributed by atoms with van der Waals surface area (Å²) in [6.07, 6.45) is 5.87. The second kappa shape index (κ2) is 6.89. The molecule has 0 saturated carbocycles. The van der Waals surface area contributed by atoms with E-state index in [2.05, 4.69) is 5.32 Å². The molecule has 6 heteroatoms. The quantitative estimate of drug-likeness (QED) is 0.843. The lowest BCUT2D eigenvalue weighted by Gasteiger charge is -2.29. The van der Waals surface area contributed by atoms with E-state index in [0.29, 0.717) is 12.8 Å². The zero-order valence-corrected chi connectivity index (χ0v) is 13.1. The van der Waals surface area contributed by atoms with E-state index in [1.807, 2.05) is 11.8 Å². The van der Waals surface area contributed by atoms with Gasteiger partial charge in [0.1, 0.15) is 9.84 Å². The predicted molar refractivity (Wildman–Crippen MR) is 79.3 cm³/mol. The smallest absolute Gasteiger partial charge is 0.239 e. The van der Waals surface area contributed by atoms with Crippen LogP contribution >= 0.6 is 0 Å². The minimum atomic E-state index is -2.83. The molecule has 1 unspecified atom stereocenters. The van der Waals surface area contributed by atoms with Gasteiger partial charge >= 0.3 is 0 Å². The number of sulfone groups is 1. The summed E-state index contributed by atoms with van der Waals surface area (Å²) in [7, 11) is -2.83. The third-order valence-corrected chi connectivity index (χ3v) is 6.04.